The molecule has 0 unspecified atom stereocenters. The summed E-state index contributed by atoms with van der Waals surface area (Å²) in [6.45, 7) is 1.45. The quantitative estimate of drug-likeness (QED) is 0.755. The zero-order valence-corrected chi connectivity index (χ0v) is 15.9. The van der Waals surface area contributed by atoms with Crippen molar-refractivity contribution >= 4 is 35.0 Å². The topological polar surface area (TPSA) is 82.1 Å². The van der Waals surface area contributed by atoms with E-state index in [1.165, 1.54) is 0 Å². The first-order valence-corrected chi connectivity index (χ1v) is 9.38. The van der Waals surface area contributed by atoms with Gasteiger partial charge in [-0.05, 0) is 32.6 Å². The van der Waals surface area contributed by atoms with Crippen molar-refractivity contribution < 1.29 is 28.9 Å². The third-order valence-corrected chi connectivity index (χ3v) is 5.45. The van der Waals surface area contributed by atoms with Crippen LogP contribution in [0.25, 0.3) is 0 Å². The van der Waals surface area contributed by atoms with E-state index in [9.17, 15) is 14.7 Å². The summed E-state index contributed by atoms with van der Waals surface area (Å²) in [4.78, 5) is 24.2. The van der Waals surface area contributed by atoms with E-state index in [0.717, 1.165) is 32.1 Å². The molecular formula is C18H20Cl2O6. The number of hydrogen-bond acceptors (Lipinski definition) is 6. The van der Waals surface area contributed by atoms with Gasteiger partial charge in [0.05, 0.1) is 13.0 Å². The van der Waals surface area contributed by atoms with Crippen LogP contribution in [-0.4, -0.2) is 35.7 Å². The lowest BCUT2D eigenvalue weighted by Gasteiger charge is -2.41. The summed E-state index contributed by atoms with van der Waals surface area (Å²) >= 11 is 12.5. The van der Waals surface area contributed by atoms with E-state index in [1.54, 1.807) is 6.92 Å². The number of fused-ring (bicyclic) bond motifs is 1. The number of hydrogen-bond donors (Lipinski definition) is 1. The number of benzene rings is 1. The van der Waals surface area contributed by atoms with Crippen LogP contribution >= 0.6 is 23.2 Å². The maximum Gasteiger partial charge on any atom is 0.344 e. The molecule has 142 valence electrons. The summed E-state index contributed by atoms with van der Waals surface area (Å²) in [6, 6.07) is 0. The van der Waals surface area contributed by atoms with Gasteiger partial charge in [0.25, 0.3) is 0 Å². The maximum atomic E-state index is 12.7. The van der Waals surface area contributed by atoms with Gasteiger partial charge in [0.1, 0.15) is 21.2 Å². The summed E-state index contributed by atoms with van der Waals surface area (Å²) in [5.74, 6) is -1.33. The molecule has 2 aliphatic rings. The number of halogens is 2. The van der Waals surface area contributed by atoms with E-state index < -0.39 is 23.9 Å². The number of ether oxygens (including phenoxy) is 3. The largest absolute Gasteiger partial charge is 0.505 e. The standard InChI is InChI=1S/C18H20Cl2O6/c1-2-24-11(22)9-25-17-13(19)15(23)12-10(21)8-18(6-4-3-5-7-18)26-16(12)14(17)20/h23H,2-9H2,1H3. The molecule has 26 heavy (non-hydrogen) atoms. The molecule has 0 aromatic heterocycles. The van der Waals surface area contributed by atoms with E-state index in [4.69, 9.17) is 37.4 Å². The second-order valence-electron chi connectivity index (χ2n) is 6.55. The molecule has 6 nitrogen and oxygen atoms in total. The Labute approximate surface area is 161 Å². The van der Waals surface area contributed by atoms with E-state index in [-0.39, 0.29) is 45.9 Å². The van der Waals surface area contributed by atoms with Crippen LogP contribution in [0.15, 0.2) is 0 Å². The molecule has 0 amide bonds. The number of phenolic OH excluding ortho intramolecular Hbond substituents is 1. The number of esters is 1. The molecule has 1 N–H and O–H groups in total. The Morgan fingerprint density at radius 3 is 2.58 bits per heavy atom. The zero-order valence-electron chi connectivity index (χ0n) is 14.4. The highest BCUT2D eigenvalue weighted by molar-refractivity contribution is 6.40. The third kappa shape index (κ3) is 3.45. The Hall–Kier alpha value is -1.66. The number of rotatable bonds is 4. The predicted octanol–water partition coefficient (Wildman–Crippen LogP) is 4.31. The molecule has 0 atom stereocenters. The van der Waals surface area contributed by atoms with Gasteiger partial charge in [-0.1, -0.05) is 29.6 Å². The van der Waals surface area contributed by atoms with Crippen LogP contribution < -0.4 is 9.47 Å². The Balaban J connectivity index is 1.97. The molecule has 3 rings (SSSR count). The molecule has 1 aliphatic heterocycles. The fourth-order valence-corrected chi connectivity index (χ4v) is 4.13. The molecule has 8 heteroatoms. The predicted molar refractivity (Wildman–Crippen MR) is 95.6 cm³/mol. The Bertz CT molecular complexity index is 740. The van der Waals surface area contributed by atoms with E-state index >= 15 is 0 Å². The first kappa shape index (κ1) is 19.1. The van der Waals surface area contributed by atoms with E-state index in [1.807, 2.05) is 0 Å². The second kappa shape index (κ2) is 7.53. The van der Waals surface area contributed by atoms with Gasteiger partial charge in [-0.25, -0.2) is 4.79 Å². The highest BCUT2D eigenvalue weighted by Gasteiger charge is 2.44. The SMILES string of the molecule is CCOC(=O)COc1c(Cl)c(O)c2c(c1Cl)OC1(CCCCC1)CC2=O. The summed E-state index contributed by atoms with van der Waals surface area (Å²) in [7, 11) is 0. The number of Topliss-reactive ketones (excluding diaryl/α,β-unsaturated/α-hetero) is 1. The average molecular weight is 403 g/mol. The Morgan fingerprint density at radius 2 is 1.92 bits per heavy atom. The van der Waals surface area contributed by atoms with Gasteiger partial charge in [0.15, 0.2) is 29.6 Å². The lowest BCUT2D eigenvalue weighted by Crippen LogP contribution is -2.43. The summed E-state index contributed by atoms with van der Waals surface area (Å²) in [6.07, 6.45) is 4.70. The number of carbonyl (C=O) groups excluding carboxylic acids is 2. The van der Waals surface area contributed by atoms with Crippen LogP contribution in [0, 0.1) is 0 Å². The van der Waals surface area contributed by atoms with Crippen molar-refractivity contribution in [1.29, 1.82) is 0 Å². The molecule has 1 aliphatic carbocycles. The maximum absolute atomic E-state index is 12.7. The number of ketones is 1. The van der Waals surface area contributed by atoms with Crippen LogP contribution in [0.1, 0.15) is 55.8 Å². The van der Waals surface area contributed by atoms with Crippen molar-refractivity contribution in [2.24, 2.45) is 0 Å². The monoisotopic (exact) mass is 402 g/mol. The fourth-order valence-electron chi connectivity index (χ4n) is 3.56. The van der Waals surface area contributed by atoms with Crippen LogP contribution in [0.4, 0.5) is 0 Å². The number of aromatic hydroxyl groups is 1. The highest BCUT2D eigenvalue weighted by Crippen LogP contribution is 2.54. The summed E-state index contributed by atoms with van der Waals surface area (Å²) < 4.78 is 16.3. The Kier molecular flexibility index (Phi) is 5.53. The molecule has 1 aromatic carbocycles. The van der Waals surface area contributed by atoms with Crippen molar-refractivity contribution in [2.75, 3.05) is 13.2 Å². The van der Waals surface area contributed by atoms with Gasteiger partial charge in [0, 0.05) is 0 Å². The third-order valence-electron chi connectivity index (χ3n) is 4.75. The molecule has 0 radical (unpaired) electrons. The van der Waals surface area contributed by atoms with Gasteiger partial charge in [-0.3, -0.25) is 4.79 Å². The first-order chi connectivity index (χ1) is 12.4. The minimum atomic E-state index is -0.606. The van der Waals surface area contributed by atoms with Crippen molar-refractivity contribution in [3.05, 3.63) is 15.6 Å². The molecule has 1 saturated carbocycles. The van der Waals surface area contributed by atoms with Crippen LogP contribution in [-0.2, 0) is 9.53 Å². The molecule has 1 aromatic rings. The molecule has 0 saturated heterocycles. The average Bonchev–Trinajstić information content (AvgIpc) is 2.60. The van der Waals surface area contributed by atoms with Gasteiger partial charge >= 0.3 is 5.97 Å². The smallest absolute Gasteiger partial charge is 0.344 e. The first-order valence-electron chi connectivity index (χ1n) is 8.63. The van der Waals surface area contributed by atoms with E-state index in [0.29, 0.717) is 0 Å². The lowest BCUT2D eigenvalue weighted by molar-refractivity contribution is -0.145. The van der Waals surface area contributed by atoms with Crippen molar-refractivity contribution in [3.8, 4) is 17.2 Å². The Morgan fingerprint density at radius 1 is 1.23 bits per heavy atom. The van der Waals surface area contributed by atoms with Crippen LogP contribution in [0.5, 0.6) is 17.2 Å². The van der Waals surface area contributed by atoms with Crippen LogP contribution in [0.2, 0.25) is 10.0 Å². The fraction of sp³-hybridized carbons (Fsp3) is 0.556. The molecular weight excluding hydrogens is 383 g/mol. The minimum absolute atomic E-state index is 0.0231. The molecule has 1 fully saturated rings. The summed E-state index contributed by atoms with van der Waals surface area (Å²) in [5, 5.41) is 10.1. The van der Waals surface area contributed by atoms with Crippen molar-refractivity contribution in [3.63, 3.8) is 0 Å². The van der Waals surface area contributed by atoms with Gasteiger partial charge in [0.2, 0.25) is 0 Å². The van der Waals surface area contributed by atoms with Crippen molar-refractivity contribution in [2.45, 2.75) is 51.0 Å². The molecule has 1 heterocycles. The molecule has 0 bridgehead atoms. The number of phenols is 1. The zero-order chi connectivity index (χ0) is 18.9. The second-order valence-corrected chi connectivity index (χ2v) is 7.31. The molecule has 1 spiro atoms. The highest BCUT2D eigenvalue weighted by atomic mass is 35.5. The normalized spacial score (nSPS) is 18.2. The van der Waals surface area contributed by atoms with Gasteiger partial charge < -0.3 is 19.3 Å². The lowest BCUT2D eigenvalue weighted by atomic mass is 9.78. The van der Waals surface area contributed by atoms with Crippen molar-refractivity contribution in [1.82, 2.24) is 0 Å². The number of carbonyl (C=O) groups is 2. The van der Waals surface area contributed by atoms with Gasteiger partial charge in [-0.2, -0.15) is 0 Å². The van der Waals surface area contributed by atoms with E-state index in [2.05, 4.69) is 0 Å². The van der Waals surface area contributed by atoms with Gasteiger partial charge in [-0.15, -0.1) is 0 Å². The van der Waals surface area contributed by atoms with Crippen LogP contribution in [0.3, 0.4) is 0 Å². The summed E-state index contributed by atoms with van der Waals surface area (Å²) in [5.41, 5.74) is -0.635. The minimum Gasteiger partial charge on any atom is -0.505 e.